The molecule has 1 N–H and O–H groups in total. The summed E-state index contributed by atoms with van der Waals surface area (Å²) in [4.78, 5) is 26.6. The Bertz CT molecular complexity index is 736. The molecule has 2 amide bonds. The van der Waals surface area contributed by atoms with Crippen LogP contribution in [0.25, 0.3) is 0 Å². The highest BCUT2D eigenvalue weighted by Gasteiger charge is 2.16. The largest absolute Gasteiger partial charge is 0.352 e. The summed E-state index contributed by atoms with van der Waals surface area (Å²) < 4.78 is 0. The Morgan fingerprint density at radius 2 is 1.68 bits per heavy atom. The molecule has 0 aliphatic carbocycles. The lowest BCUT2D eigenvalue weighted by Crippen LogP contribution is -2.31. The molecular formula is C21H26N2O2. The van der Waals surface area contributed by atoms with Gasteiger partial charge in [0, 0.05) is 29.9 Å². The summed E-state index contributed by atoms with van der Waals surface area (Å²) in [5.74, 6) is 0.221. The number of rotatable bonds is 6. The van der Waals surface area contributed by atoms with Gasteiger partial charge in [-0.15, -0.1) is 0 Å². The predicted octanol–water partition coefficient (Wildman–Crippen LogP) is 4.05. The van der Waals surface area contributed by atoms with Gasteiger partial charge in [0.2, 0.25) is 0 Å². The van der Waals surface area contributed by atoms with Crippen LogP contribution in [0.2, 0.25) is 0 Å². The molecule has 0 saturated carbocycles. The third-order valence-electron chi connectivity index (χ3n) is 3.94. The van der Waals surface area contributed by atoms with E-state index in [0.717, 1.165) is 11.3 Å². The van der Waals surface area contributed by atoms with Crippen LogP contribution < -0.4 is 10.2 Å². The average Bonchev–Trinajstić information content (AvgIpc) is 2.60. The minimum absolute atomic E-state index is 0.0674. The second kappa shape index (κ2) is 8.47. The van der Waals surface area contributed by atoms with Crippen molar-refractivity contribution in [2.75, 3.05) is 18.0 Å². The zero-order valence-electron chi connectivity index (χ0n) is 15.4. The van der Waals surface area contributed by atoms with Crippen molar-refractivity contribution < 1.29 is 9.59 Å². The molecule has 4 nitrogen and oxygen atoms in total. The number of benzene rings is 2. The molecule has 0 saturated heterocycles. The highest BCUT2D eigenvalue weighted by Crippen LogP contribution is 2.19. The number of nitrogens with one attached hydrogen (secondary N) is 1. The molecule has 0 atom stereocenters. The fourth-order valence-corrected chi connectivity index (χ4v) is 2.56. The maximum atomic E-state index is 12.8. The third kappa shape index (κ3) is 4.92. The first kappa shape index (κ1) is 18.7. The van der Waals surface area contributed by atoms with Crippen molar-refractivity contribution in [1.29, 1.82) is 0 Å². The Labute approximate surface area is 149 Å². The summed E-state index contributed by atoms with van der Waals surface area (Å²) in [7, 11) is 0. The van der Waals surface area contributed by atoms with Gasteiger partial charge < -0.3 is 10.2 Å². The lowest BCUT2D eigenvalue weighted by Gasteiger charge is -2.21. The lowest BCUT2D eigenvalue weighted by atomic mass is 10.1. The highest BCUT2D eigenvalue weighted by molar-refractivity contribution is 6.06. The van der Waals surface area contributed by atoms with Crippen LogP contribution in [0.5, 0.6) is 0 Å². The topological polar surface area (TPSA) is 49.4 Å². The second-order valence-corrected chi connectivity index (χ2v) is 6.57. The summed E-state index contributed by atoms with van der Waals surface area (Å²) in [5, 5.41) is 2.88. The van der Waals surface area contributed by atoms with Crippen molar-refractivity contribution in [2.45, 2.75) is 27.7 Å². The van der Waals surface area contributed by atoms with Crippen LogP contribution in [0.1, 0.15) is 47.1 Å². The van der Waals surface area contributed by atoms with E-state index < -0.39 is 0 Å². The molecule has 2 aromatic rings. The van der Waals surface area contributed by atoms with Crippen LogP contribution in [-0.2, 0) is 0 Å². The summed E-state index contributed by atoms with van der Waals surface area (Å²) in [5.41, 5.74) is 3.13. The molecule has 0 aromatic heterocycles. The van der Waals surface area contributed by atoms with Crippen molar-refractivity contribution >= 4 is 17.5 Å². The van der Waals surface area contributed by atoms with Gasteiger partial charge in [0.1, 0.15) is 0 Å². The van der Waals surface area contributed by atoms with Crippen molar-refractivity contribution in [3.63, 3.8) is 0 Å². The highest BCUT2D eigenvalue weighted by atomic mass is 16.2. The smallest absolute Gasteiger partial charge is 0.258 e. The molecule has 4 heteroatoms. The zero-order chi connectivity index (χ0) is 18.4. The van der Waals surface area contributed by atoms with Crippen LogP contribution in [0, 0.1) is 12.8 Å². The molecule has 0 aliphatic rings. The van der Waals surface area contributed by atoms with Gasteiger partial charge >= 0.3 is 0 Å². The van der Waals surface area contributed by atoms with Crippen LogP contribution in [0.15, 0.2) is 48.5 Å². The summed E-state index contributed by atoms with van der Waals surface area (Å²) >= 11 is 0. The molecule has 2 rings (SSSR count). The molecule has 0 bridgehead atoms. The van der Waals surface area contributed by atoms with Gasteiger partial charge in [0.05, 0.1) is 0 Å². The van der Waals surface area contributed by atoms with Crippen LogP contribution in [-0.4, -0.2) is 24.9 Å². The Hall–Kier alpha value is -2.62. The molecular weight excluding hydrogens is 312 g/mol. The van der Waals surface area contributed by atoms with E-state index in [2.05, 4.69) is 5.32 Å². The number of aryl methyl sites for hydroxylation is 1. The van der Waals surface area contributed by atoms with E-state index in [9.17, 15) is 9.59 Å². The Kier molecular flexibility index (Phi) is 6.34. The SMILES string of the molecule is CCN(C(=O)c1ccc(C(=O)NCC(C)C)cc1)c1cccc(C)c1. The first-order chi connectivity index (χ1) is 11.9. The van der Waals surface area contributed by atoms with Gasteiger partial charge in [0.15, 0.2) is 0 Å². The van der Waals surface area contributed by atoms with Crippen molar-refractivity contribution in [3.05, 3.63) is 65.2 Å². The summed E-state index contributed by atoms with van der Waals surface area (Å²) in [6, 6.07) is 14.7. The van der Waals surface area contributed by atoms with Crippen LogP contribution in [0.3, 0.4) is 0 Å². The minimum atomic E-state index is -0.112. The number of nitrogens with zero attached hydrogens (tertiary/aromatic N) is 1. The second-order valence-electron chi connectivity index (χ2n) is 6.57. The Morgan fingerprint density at radius 3 is 2.24 bits per heavy atom. The first-order valence-electron chi connectivity index (χ1n) is 8.69. The van der Waals surface area contributed by atoms with Crippen molar-refractivity contribution in [2.24, 2.45) is 5.92 Å². The fraction of sp³-hybridized carbons (Fsp3) is 0.333. The normalized spacial score (nSPS) is 10.6. The van der Waals surface area contributed by atoms with Crippen molar-refractivity contribution in [1.82, 2.24) is 5.32 Å². The molecule has 0 aliphatic heterocycles. The van der Waals surface area contributed by atoms with E-state index in [1.165, 1.54) is 0 Å². The minimum Gasteiger partial charge on any atom is -0.352 e. The molecule has 132 valence electrons. The van der Waals surface area contributed by atoms with Crippen molar-refractivity contribution in [3.8, 4) is 0 Å². The van der Waals surface area contributed by atoms with E-state index in [4.69, 9.17) is 0 Å². The number of hydrogen-bond donors (Lipinski definition) is 1. The first-order valence-corrected chi connectivity index (χ1v) is 8.69. The number of anilines is 1. The van der Waals surface area contributed by atoms with E-state index in [0.29, 0.717) is 30.1 Å². The summed E-state index contributed by atoms with van der Waals surface area (Å²) in [6.07, 6.45) is 0. The molecule has 0 heterocycles. The van der Waals surface area contributed by atoms with Gasteiger partial charge in [-0.25, -0.2) is 0 Å². The van der Waals surface area contributed by atoms with E-state index >= 15 is 0 Å². The Balaban J connectivity index is 2.15. The van der Waals surface area contributed by atoms with Crippen LogP contribution >= 0.6 is 0 Å². The van der Waals surface area contributed by atoms with Gasteiger partial charge in [-0.05, 0) is 61.7 Å². The number of carbonyl (C=O) groups is 2. The quantitative estimate of drug-likeness (QED) is 0.864. The van der Waals surface area contributed by atoms with Gasteiger partial charge in [-0.1, -0.05) is 26.0 Å². The Morgan fingerprint density at radius 1 is 1.04 bits per heavy atom. The third-order valence-corrected chi connectivity index (χ3v) is 3.94. The zero-order valence-corrected chi connectivity index (χ0v) is 15.4. The molecule has 0 fully saturated rings. The van der Waals surface area contributed by atoms with Gasteiger partial charge in [-0.3, -0.25) is 9.59 Å². The number of hydrogen-bond acceptors (Lipinski definition) is 2. The molecule has 0 spiro atoms. The predicted molar refractivity (Wildman–Crippen MR) is 102 cm³/mol. The monoisotopic (exact) mass is 338 g/mol. The maximum Gasteiger partial charge on any atom is 0.258 e. The standard InChI is InChI=1S/C21H26N2O2/c1-5-23(19-8-6-7-16(4)13-19)21(25)18-11-9-17(10-12-18)20(24)22-14-15(2)3/h6-13,15H,5,14H2,1-4H3,(H,22,24). The molecule has 0 radical (unpaired) electrons. The van der Waals surface area contributed by atoms with Gasteiger partial charge in [0.25, 0.3) is 11.8 Å². The fourth-order valence-electron chi connectivity index (χ4n) is 2.56. The van der Waals surface area contributed by atoms with Crippen LogP contribution in [0.4, 0.5) is 5.69 Å². The van der Waals surface area contributed by atoms with E-state index in [1.54, 1.807) is 29.2 Å². The average molecular weight is 338 g/mol. The van der Waals surface area contributed by atoms with E-state index in [1.807, 2.05) is 52.0 Å². The maximum absolute atomic E-state index is 12.8. The summed E-state index contributed by atoms with van der Waals surface area (Å²) in [6.45, 7) is 9.27. The molecule has 2 aromatic carbocycles. The lowest BCUT2D eigenvalue weighted by molar-refractivity contribution is 0.0946. The van der Waals surface area contributed by atoms with Gasteiger partial charge in [-0.2, -0.15) is 0 Å². The molecule has 25 heavy (non-hydrogen) atoms. The number of amides is 2. The molecule has 0 unspecified atom stereocenters. The van der Waals surface area contributed by atoms with E-state index in [-0.39, 0.29) is 11.8 Å². The number of carbonyl (C=O) groups excluding carboxylic acids is 2.